The normalized spacial score (nSPS) is 23.5. The molecule has 2 saturated heterocycles. The number of nitrogens with one attached hydrogen (secondary N) is 1. The molecule has 12 heteroatoms. The number of rotatable bonds is 4. The molecule has 5 rings (SSSR count). The maximum atomic E-state index is 13.8. The molecule has 4 bridgehead atoms. The SMILES string of the molecule is COc1cc2cc(c1OC)CCCNC(=O)CCC[C@H]1[C@H]3C[C@@H](CN(C(=O)c4cc(C)n(C(F)F)n4)C3)CN1C(=O)CC2. The molecule has 234 valence electrons. The largest absolute Gasteiger partial charge is 0.493 e. The number of hydrogen-bond donors (Lipinski definition) is 1. The molecule has 1 aromatic carbocycles. The van der Waals surface area contributed by atoms with Gasteiger partial charge in [-0.05, 0) is 80.5 Å². The van der Waals surface area contributed by atoms with Gasteiger partial charge in [-0.25, -0.2) is 4.68 Å². The van der Waals surface area contributed by atoms with Crippen molar-refractivity contribution in [2.24, 2.45) is 11.8 Å². The van der Waals surface area contributed by atoms with Crippen LogP contribution in [0, 0.1) is 18.8 Å². The van der Waals surface area contributed by atoms with Crippen LogP contribution in [-0.4, -0.2) is 83.7 Å². The predicted molar refractivity (Wildman–Crippen MR) is 154 cm³/mol. The summed E-state index contributed by atoms with van der Waals surface area (Å²) in [6, 6.07) is 5.26. The van der Waals surface area contributed by atoms with E-state index in [1.54, 1.807) is 19.1 Å². The Labute approximate surface area is 250 Å². The molecular weight excluding hydrogens is 560 g/mol. The molecule has 1 N–H and O–H groups in total. The summed E-state index contributed by atoms with van der Waals surface area (Å²) in [7, 11) is 3.21. The molecule has 3 aliphatic heterocycles. The van der Waals surface area contributed by atoms with Gasteiger partial charge in [-0.15, -0.1) is 0 Å². The average Bonchev–Trinajstić information content (AvgIpc) is 3.39. The first-order valence-electron chi connectivity index (χ1n) is 15.1. The number of aryl methyl sites for hydroxylation is 3. The van der Waals surface area contributed by atoms with Crippen LogP contribution in [0.15, 0.2) is 18.2 Å². The van der Waals surface area contributed by atoms with Gasteiger partial charge in [0.1, 0.15) is 0 Å². The summed E-state index contributed by atoms with van der Waals surface area (Å²) in [5.41, 5.74) is 2.20. The topological polar surface area (TPSA) is 106 Å². The van der Waals surface area contributed by atoms with Gasteiger partial charge in [0.15, 0.2) is 17.2 Å². The summed E-state index contributed by atoms with van der Waals surface area (Å²) < 4.78 is 38.4. The van der Waals surface area contributed by atoms with Gasteiger partial charge in [-0.3, -0.25) is 14.4 Å². The number of likely N-dealkylation sites (tertiary alicyclic amines) is 1. The standard InChI is InChI=1S/C31H41F2N5O5/c1-19-12-24(35-38(19)31(32)33)30(41)36-16-21-14-23(18-36)25-7-4-8-27(39)34-11-5-6-22-13-20(9-10-28(40)37(25)17-21)15-26(42-2)29(22)43-3/h12-13,15,21,23,25,31H,4-11,14,16-18H2,1-3H3,(H,34,39)/t21-,23-,25-/m0/s1. The lowest BCUT2D eigenvalue weighted by Crippen LogP contribution is -2.60. The number of methoxy groups -OCH3 is 2. The molecule has 2 fully saturated rings. The molecular formula is C31H41F2N5O5. The van der Waals surface area contributed by atoms with Gasteiger partial charge in [-0.1, -0.05) is 6.07 Å². The smallest absolute Gasteiger partial charge is 0.333 e. The Kier molecular flexibility index (Phi) is 9.51. The fourth-order valence-corrected chi connectivity index (χ4v) is 7.02. The molecule has 1 aromatic heterocycles. The van der Waals surface area contributed by atoms with E-state index in [4.69, 9.17) is 9.47 Å². The molecule has 3 atom stereocenters. The average molecular weight is 602 g/mol. The van der Waals surface area contributed by atoms with Gasteiger partial charge in [0, 0.05) is 50.8 Å². The molecule has 2 aromatic rings. The van der Waals surface area contributed by atoms with Gasteiger partial charge in [0.2, 0.25) is 11.8 Å². The van der Waals surface area contributed by atoms with Crippen molar-refractivity contribution in [1.29, 1.82) is 0 Å². The molecule has 0 spiro atoms. The van der Waals surface area contributed by atoms with Crippen LogP contribution >= 0.6 is 0 Å². The summed E-state index contributed by atoms with van der Waals surface area (Å²) in [6.45, 7) is 0.594. The second kappa shape index (κ2) is 13.3. The Morgan fingerprint density at radius 2 is 1.84 bits per heavy atom. The number of amides is 3. The van der Waals surface area contributed by atoms with Gasteiger partial charge in [0.25, 0.3) is 5.91 Å². The van der Waals surface area contributed by atoms with E-state index in [9.17, 15) is 23.2 Å². The minimum absolute atomic E-state index is 0.00894. The van der Waals surface area contributed by atoms with E-state index >= 15 is 0 Å². The van der Waals surface area contributed by atoms with Crippen molar-refractivity contribution in [3.05, 3.63) is 40.7 Å². The third kappa shape index (κ3) is 6.78. The highest BCUT2D eigenvalue weighted by Crippen LogP contribution is 2.37. The van der Waals surface area contributed by atoms with Gasteiger partial charge in [-0.2, -0.15) is 13.9 Å². The van der Waals surface area contributed by atoms with E-state index in [1.807, 2.05) is 11.0 Å². The summed E-state index contributed by atoms with van der Waals surface area (Å²) in [4.78, 5) is 43.5. The van der Waals surface area contributed by atoms with Crippen molar-refractivity contribution in [3.8, 4) is 11.5 Å². The Hall–Kier alpha value is -3.70. The van der Waals surface area contributed by atoms with E-state index in [0.717, 1.165) is 24.0 Å². The Balaban J connectivity index is 1.36. The van der Waals surface area contributed by atoms with Crippen molar-refractivity contribution < 1.29 is 32.6 Å². The Morgan fingerprint density at radius 3 is 2.56 bits per heavy atom. The third-order valence-corrected chi connectivity index (χ3v) is 8.99. The van der Waals surface area contributed by atoms with E-state index in [1.165, 1.54) is 13.0 Å². The fraction of sp³-hybridized carbons (Fsp3) is 0.613. The first-order valence-corrected chi connectivity index (χ1v) is 15.1. The van der Waals surface area contributed by atoms with Crippen LogP contribution in [0.2, 0.25) is 0 Å². The van der Waals surface area contributed by atoms with Crippen molar-refractivity contribution in [1.82, 2.24) is 24.9 Å². The van der Waals surface area contributed by atoms with E-state index in [2.05, 4.69) is 16.5 Å². The lowest BCUT2D eigenvalue weighted by Gasteiger charge is -2.51. The van der Waals surface area contributed by atoms with Gasteiger partial charge >= 0.3 is 6.55 Å². The summed E-state index contributed by atoms with van der Waals surface area (Å²) in [5.74, 6) is 1.05. The van der Waals surface area contributed by atoms with Gasteiger partial charge in [0.05, 0.1) is 14.2 Å². The molecule has 10 nitrogen and oxygen atoms in total. The molecule has 3 amide bonds. The number of alkyl halides is 2. The second-order valence-corrected chi connectivity index (χ2v) is 11.9. The van der Waals surface area contributed by atoms with Crippen molar-refractivity contribution in [2.45, 2.75) is 70.9 Å². The quantitative estimate of drug-likeness (QED) is 0.572. The number of carbonyl (C=O) groups is 3. The first-order chi connectivity index (χ1) is 20.7. The number of benzene rings is 1. The van der Waals surface area contributed by atoms with Crippen LogP contribution in [0.3, 0.4) is 0 Å². The highest BCUT2D eigenvalue weighted by Gasteiger charge is 2.43. The van der Waals surface area contributed by atoms with Crippen LogP contribution in [-0.2, 0) is 22.4 Å². The zero-order valence-corrected chi connectivity index (χ0v) is 25.1. The van der Waals surface area contributed by atoms with Gasteiger partial charge < -0.3 is 24.6 Å². The molecule has 0 aliphatic carbocycles. The predicted octanol–water partition coefficient (Wildman–Crippen LogP) is 3.76. The Morgan fingerprint density at radius 1 is 1.02 bits per heavy atom. The minimum atomic E-state index is -2.82. The number of ether oxygens (including phenoxy) is 2. The zero-order valence-electron chi connectivity index (χ0n) is 25.1. The lowest BCUT2D eigenvalue weighted by atomic mass is 9.77. The number of aromatic nitrogens is 2. The van der Waals surface area contributed by atoms with Crippen molar-refractivity contribution in [3.63, 3.8) is 0 Å². The molecule has 3 aliphatic rings. The number of halogens is 2. The lowest BCUT2D eigenvalue weighted by molar-refractivity contribution is -0.140. The summed E-state index contributed by atoms with van der Waals surface area (Å²) in [5, 5.41) is 6.87. The number of piperidine rings is 2. The maximum absolute atomic E-state index is 13.8. The van der Waals surface area contributed by atoms with Crippen LogP contribution in [0.1, 0.15) is 72.4 Å². The Bertz CT molecular complexity index is 1350. The van der Waals surface area contributed by atoms with E-state index in [0.29, 0.717) is 80.9 Å². The highest BCUT2D eigenvalue weighted by atomic mass is 19.3. The van der Waals surface area contributed by atoms with E-state index < -0.39 is 6.55 Å². The maximum Gasteiger partial charge on any atom is 0.333 e. The molecule has 0 radical (unpaired) electrons. The molecule has 43 heavy (non-hydrogen) atoms. The van der Waals surface area contributed by atoms with Crippen LogP contribution in [0.5, 0.6) is 11.5 Å². The molecule has 0 saturated carbocycles. The summed E-state index contributed by atoms with van der Waals surface area (Å²) >= 11 is 0. The third-order valence-electron chi connectivity index (χ3n) is 8.99. The monoisotopic (exact) mass is 601 g/mol. The fourth-order valence-electron chi connectivity index (χ4n) is 7.02. The van der Waals surface area contributed by atoms with Crippen LogP contribution in [0.4, 0.5) is 8.78 Å². The molecule has 0 unspecified atom stereocenters. The van der Waals surface area contributed by atoms with E-state index in [-0.39, 0.29) is 47.0 Å². The highest BCUT2D eigenvalue weighted by molar-refractivity contribution is 5.92. The van der Waals surface area contributed by atoms with Crippen LogP contribution < -0.4 is 14.8 Å². The number of fused-ring (bicyclic) bond motifs is 6. The molecule has 4 heterocycles. The number of nitrogens with zero attached hydrogens (tertiary/aromatic N) is 4. The number of carbonyl (C=O) groups excluding carboxylic acids is 3. The van der Waals surface area contributed by atoms with Crippen LogP contribution in [0.25, 0.3) is 0 Å². The first kappa shape index (κ1) is 30.7. The second-order valence-electron chi connectivity index (χ2n) is 11.9. The zero-order chi connectivity index (χ0) is 30.7. The summed E-state index contributed by atoms with van der Waals surface area (Å²) in [6.07, 6.45) is 4.83. The number of hydrogen-bond acceptors (Lipinski definition) is 6. The van der Waals surface area contributed by atoms with Crippen molar-refractivity contribution in [2.75, 3.05) is 40.4 Å². The minimum Gasteiger partial charge on any atom is -0.493 e. The van der Waals surface area contributed by atoms with Crippen molar-refractivity contribution >= 4 is 17.7 Å².